The van der Waals surface area contributed by atoms with E-state index in [2.05, 4.69) is 27.3 Å². The number of fused-ring (bicyclic) bond motifs is 1. The third-order valence-corrected chi connectivity index (χ3v) is 4.57. The number of nitrogens with one attached hydrogen (secondary N) is 1. The number of carboxylic acids is 1. The summed E-state index contributed by atoms with van der Waals surface area (Å²) in [5, 5.41) is 12.1. The molecule has 1 aromatic carbocycles. The first-order chi connectivity index (χ1) is 11.0. The third-order valence-electron chi connectivity index (χ3n) is 4.07. The van der Waals surface area contributed by atoms with Gasteiger partial charge in [0.25, 0.3) is 5.91 Å². The Morgan fingerprint density at radius 2 is 2.17 bits per heavy atom. The first-order valence-corrected chi connectivity index (χ1v) is 8.24. The van der Waals surface area contributed by atoms with E-state index >= 15 is 0 Å². The summed E-state index contributed by atoms with van der Waals surface area (Å²) in [5.74, 6) is -1.10. The van der Waals surface area contributed by atoms with E-state index < -0.39 is 5.97 Å². The van der Waals surface area contributed by atoms with Gasteiger partial charge in [0.15, 0.2) is 5.76 Å². The van der Waals surface area contributed by atoms with E-state index in [0.717, 1.165) is 22.9 Å². The second-order valence-corrected chi connectivity index (χ2v) is 6.43. The van der Waals surface area contributed by atoms with Crippen LogP contribution in [-0.2, 0) is 12.8 Å². The molecule has 6 heteroatoms. The van der Waals surface area contributed by atoms with Gasteiger partial charge >= 0.3 is 5.97 Å². The van der Waals surface area contributed by atoms with Crippen LogP contribution in [0.25, 0.3) is 0 Å². The van der Waals surface area contributed by atoms with Gasteiger partial charge in [0, 0.05) is 17.0 Å². The molecule has 1 aliphatic rings. The predicted octanol–water partition coefficient (Wildman–Crippen LogP) is 3.72. The van der Waals surface area contributed by atoms with Gasteiger partial charge in [0.2, 0.25) is 0 Å². The van der Waals surface area contributed by atoms with Gasteiger partial charge in [-0.3, -0.25) is 4.79 Å². The number of halogens is 1. The number of carboxylic acid groups (broad SMARTS) is 1. The molecule has 1 aromatic heterocycles. The highest BCUT2D eigenvalue weighted by Gasteiger charge is 2.26. The van der Waals surface area contributed by atoms with Crippen molar-refractivity contribution in [3.8, 4) is 0 Å². The Balaban J connectivity index is 1.80. The number of hydrogen-bond acceptors (Lipinski definition) is 3. The number of hydrogen-bond donors (Lipinski definition) is 2. The van der Waals surface area contributed by atoms with Gasteiger partial charge in [-0.15, -0.1) is 0 Å². The molecule has 1 atom stereocenters. The van der Waals surface area contributed by atoms with E-state index in [0.29, 0.717) is 12.2 Å². The predicted molar refractivity (Wildman–Crippen MR) is 87.7 cm³/mol. The van der Waals surface area contributed by atoms with Crippen molar-refractivity contribution < 1.29 is 19.1 Å². The normalized spacial score (nSPS) is 16.2. The summed E-state index contributed by atoms with van der Waals surface area (Å²) < 4.78 is 6.43. The highest BCUT2D eigenvalue weighted by atomic mass is 79.9. The van der Waals surface area contributed by atoms with Gasteiger partial charge in [0.05, 0.1) is 6.04 Å². The summed E-state index contributed by atoms with van der Waals surface area (Å²) in [7, 11) is 0. The van der Waals surface area contributed by atoms with Gasteiger partial charge in [-0.25, -0.2) is 4.79 Å². The molecule has 0 fully saturated rings. The Kier molecular flexibility index (Phi) is 4.26. The van der Waals surface area contributed by atoms with Gasteiger partial charge in [-0.05, 0) is 36.1 Å². The fraction of sp³-hybridized carbons (Fsp3) is 0.294. The van der Waals surface area contributed by atoms with E-state index in [9.17, 15) is 9.59 Å². The van der Waals surface area contributed by atoms with Crippen molar-refractivity contribution in [1.82, 2.24) is 5.32 Å². The Hall–Kier alpha value is -2.08. The topological polar surface area (TPSA) is 79.5 Å². The first-order valence-electron chi connectivity index (χ1n) is 7.44. The lowest BCUT2D eigenvalue weighted by Crippen LogP contribution is -2.26. The number of rotatable bonds is 4. The van der Waals surface area contributed by atoms with Crippen LogP contribution in [-0.4, -0.2) is 17.0 Å². The molecular weight excluding hydrogens is 362 g/mol. The van der Waals surface area contributed by atoms with Crippen molar-refractivity contribution in [3.05, 3.63) is 56.9 Å². The Morgan fingerprint density at radius 1 is 1.39 bits per heavy atom. The highest BCUT2D eigenvalue weighted by Crippen LogP contribution is 2.33. The summed E-state index contributed by atoms with van der Waals surface area (Å²) in [6.07, 6.45) is 2.15. The fourth-order valence-electron chi connectivity index (χ4n) is 2.95. The second-order valence-electron chi connectivity index (χ2n) is 5.51. The van der Waals surface area contributed by atoms with Gasteiger partial charge in [-0.2, -0.15) is 0 Å². The molecule has 2 N–H and O–H groups in total. The van der Waals surface area contributed by atoms with Crippen molar-refractivity contribution in [1.29, 1.82) is 0 Å². The average Bonchev–Trinajstić information content (AvgIpc) is 3.11. The zero-order valence-corrected chi connectivity index (χ0v) is 14.1. The molecule has 1 aliphatic carbocycles. The Labute approximate surface area is 141 Å². The van der Waals surface area contributed by atoms with Crippen LogP contribution in [0.15, 0.2) is 33.2 Å². The largest absolute Gasteiger partial charge is 0.478 e. The SMILES string of the molecule is CCc1oc(C(=O)NC2CCc3cc(Br)ccc32)cc1C(=O)O. The molecule has 0 saturated carbocycles. The molecule has 1 unspecified atom stereocenters. The van der Waals surface area contributed by atoms with Crippen molar-refractivity contribution in [2.24, 2.45) is 0 Å². The highest BCUT2D eigenvalue weighted by molar-refractivity contribution is 9.10. The molecule has 120 valence electrons. The van der Waals surface area contributed by atoms with Crippen LogP contribution in [0.4, 0.5) is 0 Å². The van der Waals surface area contributed by atoms with Crippen LogP contribution in [0.2, 0.25) is 0 Å². The zero-order chi connectivity index (χ0) is 16.6. The standard InChI is InChI=1S/C17H16BrNO4/c1-2-14-12(17(21)22)8-15(23-14)16(20)19-13-6-3-9-7-10(18)4-5-11(9)13/h4-5,7-8,13H,2-3,6H2,1H3,(H,19,20)(H,21,22). The monoisotopic (exact) mass is 377 g/mol. The molecule has 5 nitrogen and oxygen atoms in total. The Morgan fingerprint density at radius 3 is 2.83 bits per heavy atom. The minimum atomic E-state index is -1.08. The second kappa shape index (κ2) is 6.20. The molecule has 1 amide bonds. The molecular formula is C17H16BrNO4. The van der Waals surface area contributed by atoms with Crippen LogP contribution in [0.3, 0.4) is 0 Å². The molecule has 0 bridgehead atoms. The van der Waals surface area contributed by atoms with Gasteiger partial charge in [-0.1, -0.05) is 28.9 Å². The fourth-order valence-corrected chi connectivity index (χ4v) is 3.36. The van der Waals surface area contributed by atoms with E-state index in [-0.39, 0.29) is 23.3 Å². The molecule has 3 rings (SSSR count). The summed E-state index contributed by atoms with van der Waals surface area (Å²) in [5.41, 5.74) is 2.36. The summed E-state index contributed by atoms with van der Waals surface area (Å²) in [6.45, 7) is 1.79. The summed E-state index contributed by atoms with van der Waals surface area (Å²) in [4.78, 5) is 23.5. The van der Waals surface area contributed by atoms with E-state index in [4.69, 9.17) is 9.52 Å². The van der Waals surface area contributed by atoms with Crippen LogP contribution in [0.5, 0.6) is 0 Å². The van der Waals surface area contributed by atoms with Crippen LogP contribution < -0.4 is 5.32 Å². The maximum absolute atomic E-state index is 12.4. The first kappa shape index (κ1) is 15.8. The summed E-state index contributed by atoms with van der Waals surface area (Å²) >= 11 is 3.45. The number of amides is 1. The molecule has 0 saturated heterocycles. The van der Waals surface area contributed by atoms with Crippen molar-refractivity contribution >= 4 is 27.8 Å². The number of carbonyl (C=O) groups is 2. The zero-order valence-electron chi connectivity index (χ0n) is 12.6. The number of aromatic carboxylic acids is 1. The maximum atomic E-state index is 12.4. The quantitative estimate of drug-likeness (QED) is 0.850. The van der Waals surface area contributed by atoms with Crippen LogP contribution in [0.1, 0.15) is 57.2 Å². The Bertz CT molecular complexity index is 781. The number of carbonyl (C=O) groups excluding carboxylic acids is 1. The molecule has 0 spiro atoms. The number of furan rings is 1. The van der Waals surface area contributed by atoms with Gasteiger partial charge in [0.1, 0.15) is 11.3 Å². The molecule has 23 heavy (non-hydrogen) atoms. The van der Waals surface area contributed by atoms with Crippen LogP contribution in [0, 0.1) is 0 Å². The summed E-state index contributed by atoms with van der Waals surface area (Å²) in [6, 6.07) is 7.24. The minimum Gasteiger partial charge on any atom is -0.478 e. The molecule has 1 heterocycles. The van der Waals surface area contributed by atoms with Crippen molar-refractivity contribution in [2.75, 3.05) is 0 Å². The van der Waals surface area contributed by atoms with E-state index in [1.54, 1.807) is 6.92 Å². The third kappa shape index (κ3) is 3.03. The molecule has 0 radical (unpaired) electrons. The molecule has 0 aliphatic heterocycles. The smallest absolute Gasteiger partial charge is 0.339 e. The number of aryl methyl sites for hydroxylation is 2. The lowest BCUT2D eigenvalue weighted by molar-refractivity contribution is 0.0694. The lowest BCUT2D eigenvalue weighted by Gasteiger charge is -2.13. The van der Waals surface area contributed by atoms with Crippen molar-refractivity contribution in [3.63, 3.8) is 0 Å². The number of benzene rings is 1. The minimum absolute atomic E-state index is 0.0461. The molecule has 2 aromatic rings. The van der Waals surface area contributed by atoms with E-state index in [1.807, 2.05) is 12.1 Å². The maximum Gasteiger partial charge on any atom is 0.339 e. The van der Waals surface area contributed by atoms with Crippen LogP contribution >= 0.6 is 15.9 Å². The van der Waals surface area contributed by atoms with E-state index in [1.165, 1.54) is 11.6 Å². The lowest BCUT2D eigenvalue weighted by atomic mass is 10.1. The van der Waals surface area contributed by atoms with Crippen molar-refractivity contribution in [2.45, 2.75) is 32.2 Å². The van der Waals surface area contributed by atoms with Gasteiger partial charge < -0.3 is 14.8 Å². The average molecular weight is 378 g/mol.